The molecule has 11 heteroatoms. The molecule has 1 atom stereocenters. The van der Waals surface area contributed by atoms with Crippen LogP contribution >= 0.6 is 0 Å². The first-order chi connectivity index (χ1) is 13.2. The van der Waals surface area contributed by atoms with Crippen LogP contribution in [-0.2, 0) is 14.3 Å². The van der Waals surface area contributed by atoms with Crippen molar-refractivity contribution in [1.29, 1.82) is 0 Å². The van der Waals surface area contributed by atoms with Crippen LogP contribution in [0, 0.1) is 27.6 Å². The molecule has 1 N–H and O–H groups in total. The van der Waals surface area contributed by atoms with E-state index in [9.17, 15) is 32.9 Å². The molecule has 8 nitrogen and oxygen atoms in total. The zero-order valence-corrected chi connectivity index (χ0v) is 14.3. The molecule has 0 heterocycles. The Labute approximate surface area is 156 Å². The number of ether oxygens (including phenoxy) is 2. The van der Waals surface area contributed by atoms with Crippen molar-refractivity contribution in [2.75, 3.05) is 11.9 Å². The third-order valence-electron chi connectivity index (χ3n) is 3.37. The van der Waals surface area contributed by atoms with Crippen molar-refractivity contribution in [2.24, 2.45) is 0 Å². The first-order valence-corrected chi connectivity index (χ1v) is 7.70. The lowest BCUT2D eigenvalue weighted by atomic mass is 10.2. The van der Waals surface area contributed by atoms with Gasteiger partial charge in [0.1, 0.15) is 5.75 Å². The van der Waals surface area contributed by atoms with Crippen molar-refractivity contribution >= 4 is 23.3 Å². The minimum atomic E-state index is -1.75. The first-order valence-electron chi connectivity index (χ1n) is 7.70. The number of esters is 1. The van der Waals surface area contributed by atoms with Gasteiger partial charge in [0.15, 0.2) is 30.2 Å². The molecule has 0 saturated heterocycles. The number of nitrogens with one attached hydrogen (secondary N) is 1. The molecule has 0 aliphatic rings. The van der Waals surface area contributed by atoms with E-state index in [1.54, 1.807) is 0 Å². The fourth-order valence-corrected chi connectivity index (χ4v) is 1.95. The van der Waals surface area contributed by atoms with Gasteiger partial charge < -0.3 is 14.8 Å². The van der Waals surface area contributed by atoms with Crippen LogP contribution in [0.4, 0.5) is 24.5 Å². The number of amides is 1. The fraction of sp³-hybridized carbons (Fsp3) is 0.176. The number of benzene rings is 2. The Morgan fingerprint density at radius 1 is 1.11 bits per heavy atom. The maximum absolute atomic E-state index is 13.5. The van der Waals surface area contributed by atoms with E-state index in [0.717, 1.165) is 6.07 Å². The van der Waals surface area contributed by atoms with Crippen molar-refractivity contribution in [3.63, 3.8) is 0 Å². The highest BCUT2D eigenvalue weighted by molar-refractivity contribution is 5.95. The number of hydrogen-bond acceptors (Lipinski definition) is 6. The average molecular weight is 398 g/mol. The van der Waals surface area contributed by atoms with Gasteiger partial charge in [-0.3, -0.25) is 14.9 Å². The van der Waals surface area contributed by atoms with E-state index in [1.165, 1.54) is 31.2 Å². The molecule has 0 bridgehead atoms. The first kappa shape index (κ1) is 20.7. The Kier molecular flexibility index (Phi) is 6.53. The molecule has 1 amide bonds. The molecule has 28 heavy (non-hydrogen) atoms. The second kappa shape index (κ2) is 8.84. The monoisotopic (exact) mass is 398 g/mol. The lowest BCUT2D eigenvalue weighted by molar-refractivity contribution is -0.384. The van der Waals surface area contributed by atoms with Gasteiger partial charge in [-0.1, -0.05) is 0 Å². The van der Waals surface area contributed by atoms with Gasteiger partial charge in [0.05, 0.1) is 10.6 Å². The van der Waals surface area contributed by atoms with Gasteiger partial charge in [-0.15, -0.1) is 0 Å². The van der Waals surface area contributed by atoms with Gasteiger partial charge in [-0.25, -0.2) is 18.0 Å². The summed E-state index contributed by atoms with van der Waals surface area (Å²) < 4.78 is 49.4. The van der Waals surface area contributed by atoms with E-state index in [-0.39, 0.29) is 11.4 Å². The highest BCUT2D eigenvalue weighted by atomic mass is 19.2. The summed E-state index contributed by atoms with van der Waals surface area (Å²) in [4.78, 5) is 33.5. The van der Waals surface area contributed by atoms with E-state index in [2.05, 4.69) is 0 Å². The molecule has 2 aromatic rings. The second-order valence-electron chi connectivity index (χ2n) is 5.38. The van der Waals surface area contributed by atoms with Crippen LogP contribution < -0.4 is 10.1 Å². The van der Waals surface area contributed by atoms with Crippen LogP contribution in [0.15, 0.2) is 36.4 Å². The van der Waals surface area contributed by atoms with Gasteiger partial charge in [-0.2, -0.15) is 0 Å². The Morgan fingerprint density at radius 3 is 2.36 bits per heavy atom. The number of halogens is 3. The number of nitro benzene ring substituents is 1. The van der Waals surface area contributed by atoms with Crippen LogP contribution in [0.3, 0.4) is 0 Å². The molecule has 0 aliphatic carbocycles. The van der Waals surface area contributed by atoms with Crippen molar-refractivity contribution < 1.29 is 37.2 Å². The van der Waals surface area contributed by atoms with Crippen molar-refractivity contribution in [2.45, 2.75) is 13.0 Å². The summed E-state index contributed by atoms with van der Waals surface area (Å²) in [5.41, 5.74) is -0.779. The summed E-state index contributed by atoms with van der Waals surface area (Å²) in [6.45, 7) is 0.575. The van der Waals surface area contributed by atoms with E-state index < -0.39 is 52.6 Å². The molecule has 2 aromatic carbocycles. The number of anilines is 1. The number of hydrogen-bond donors (Lipinski definition) is 1. The summed E-state index contributed by atoms with van der Waals surface area (Å²) in [6.07, 6.45) is -1.39. The number of rotatable bonds is 7. The van der Waals surface area contributed by atoms with Gasteiger partial charge in [0, 0.05) is 12.1 Å². The fourth-order valence-electron chi connectivity index (χ4n) is 1.95. The molecule has 0 aliphatic heterocycles. The summed E-state index contributed by atoms with van der Waals surface area (Å²) >= 11 is 0. The summed E-state index contributed by atoms with van der Waals surface area (Å²) in [5.74, 6) is -6.53. The van der Waals surface area contributed by atoms with Crippen LogP contribution in [0.5, 0.6) is 5.75 Å². The third-order valence-corrected chi connectivity index (χ3v) is 3.37. The zero-order chi connectivity index (χ0) is 20.8. The topological polar surface area (TPSA) is 108 Å². The lowest BCUT2D eigenvalue weighted by Gasteiger charge is -2.14. The Balaban J connectivity index is 1.86. The number of nitro groups is 1. The Bertz CT molecular complexity index is 905. The second-order valence-corrected chi connectivity index (χ2v) is 5.38. The molecule has 0 radical (unpaired) electrons. The number of carbonyl (C=O) groups is 2. The minimum absolute atomic E-state index is 0.156. The maximum atomic E-state index is 13.5. The largest absolute Gasteiger partial charge is 0.482 e. The maximum Gasteiger partial charge on any atom is 0.344 e. The summed E-state index contributed by atoms with van der Waals surface area (Å²) in [5, 5.41) is 12.5. The van der Waals surface area contributed by atoms with Gasteiger partial charge in [-0.05, 0) is 31.2 Å². The predicted octanol–water partition coefficient (Wildman–Crippen LogP) is 2.96. The van der Waals surface area contributed by atoms with Gasteiger partial charge in [0.25, 0.3) is 11.6 Å². The zero-order valence-electron chi connectivity index (χ0n) is 14.3. The van der Waals surface area contributed by atoms with E-state index in [4.69, 9.17) is 9.47 Å². The SMILES string of the molecule is C[C@H](OC(=O)COc1ccc([N+](=O)[O-])cc1)C(=O)Nc1ccc(F)c(F)c1F. The molecular formula is C17H13F3N2O6. The van der Waals surface area contributed by atoms with Crippen LogP contribution in [-0.4, -0.2) is 29.5 Å². The normalized spacial score (nSPS) is 11.4. The van der Waals surface area contributed by atoms with Gasteiger partial charge >= 0.3 is 5.97 Å². The number of nitrogens with zero attached hydrogens (tertiary/aromatic N) is 1. The molecule has 0 unspecified atom stereocenters. The van der Waals surface area contributed by atoms with Crippen molar-refractivity contribution in [1.82, 2.24) is 0 Å². The van der Waals surface area contributed by atoms with Crippen molar-refractivity contribution in [3.8, 4) is 5.75 Å². The minimum Gasteiger partial charge on any atom is -0.482 e. The molecule has 0 fully saturated rings. The molecule has 148 valence electrons. The third kappa shape index (κ3) is 5.19. The lowest BCUT2D eigenvalue weighted by Crippen LogP contribution is -2.32. The smallest absolute Gasteiger partial charge is 0.344 e. The van der Waals surface area contributed by atoms with Crippen LogP contribution in [0.25, 0.3) is 0 Å². The average Bonchev–Trinajstić information content (AvgIpc) is 2.67. The van der Waals surface area contributed by atoms with Crippen LogP contribution in [0.1, 0.15) is 6.92 Å². The van der Waals surface area contributed by atoms with Crippen molar-refractivity contribution in [3.05, 3.63) is 64.0 Å². The highest BCUT2D eigenvalue weighted by Crippen LogP contribution is 2.20. The Hall–Kier alpha value is -3.63. The van der Waals surface area contributed by atoms with Gasteiger partial charge in [0.2, 0.25) is 0 Å². The standard InChI is InChI=1S/C17H13F3N2O6/c1-9(17(24)21-13-7-6-12(18)15(19)16(13)20)28-14(23)8-27-11-4-2-10(3-5-11)22(25)26/h2-7,9H,8H2,1H3,(H,21,24)/t9-/m0/s1. The highest BCUT2D eigenvalue weighted by Gasteiger charge is 2.21. The summed E-state index contributed by atoms with van der Waals surface area (Å²) in [6, 6.07) is 6.33. The molecule has 0 saturated carbocycles. The molecular weight excluding hydrogens is 385 g/mol. The van der Waals surface area contributed by atoms with E-state index in [1.807, 2.05) is 5.32 Å². The van der Waals surface area contributed by atoms with Crippen LogP contribution in [0.2, 0.25) is 0 Å². The number of non-ortho nitro benzene ring substituents is 1. The predicted molar refractivity (Wildman–Crippen MR) is 89.1 cm³/mol. The quantitative estimate of drug-likeness (QED) is 0.333. The summed E-state index contributed by atoms with van der Waals surface area (Å²) in [7, 11) is 0. The number of carbonyl (C=O) groups excluding carboxylic acids is 2. The van der Waals surface area contributed by atoms with E-state index >= 15 is 0 Å². The Morgan fingerprint density at radius 2 is 1.75 bits per heavy atom. The van der Waals surface area contributed by atoms with E-state index in [0.29, 0.717) is 6.07 Å². The molecule has 0 aromatic heterocycles. The molecule has 2 rings (SSSR count). The molecule has 0 spiro atoms.